The summed E-state index contributed by atoms with van der Waals surface area (Å²) in [4.78, 5) is 0. The molecule has 0 amide bonds. The molecule has 4 heteroatoms. The fourth-order valence-electron chi connectivity index (χ4n) is 2.36. The highest BCUT2D eigenvalue weighted by molar-refractivity contribution is 5.41. The Morgan fingerprint density at radius 3 is 2.81 bits per heavy atom. The van der Waals surface area contributed by atoms with Crippen molar-refractivity contribution in [3.63, 3.8) is 0 Å². The van der Waals surface area contributed by atoms with Gasteiger partial charge in [-0.2, -0.15) is 0 Å². The molecule has 0 fully saturated rings. The molecule has 1 aliphatic rings. The average molecular weight is 286 g/mol. The van der Waals surface area contributed by atoms with Crippen molar-refractivity contribution < 1.29 is 19.3 Å². The van der Waals surface area contributed by atoms with Crippen LogP contribution in [0.2, 0.25) is 0 Å². The molecule has 21 heavy (non-hydrogen) atoms. The van der Waals surface area contributed by atoms with Gasteiger partial charge < -0.3 is 19.3 Å². The fraction of sp³-hybridized carbons (Fsp3) is 0.294. The third kappa shape index (κ3) is 2.95. The summed E-state index contributed by atoms with van der Waals surface area (Å²) in [6, 6.07) is 14.9. The van der Waals surface area contributed by atoms with Crippen LogP contribution < -0.4 is 14.2 Å². The molecule has 2 aromatic carbocycles. The maximum absolute atomic E-state index is 10.5. The van der Waals surface area contributed by atoms with Crippen molar-refractivity contribution in [3.05, 3.63) is 54.1 Å². The van der Waals surface area contributed by atoms with Crippen LogP contribution in [0.4, 0.5) is 0 Å². The molecule has 0 bridgehead atoms. The Morgan fingerprint density at radius 2 is 2.00 bits per heavy atom. The maximum Gasteiger partial charge on any atom is 0.163 e. The quantitative estimate of drug-likeness (QED) is 0.938. The molecule has 0 aromatic heterocycles. The van der Waals surface area contributed by atoms with Gasteiger partial charge in [0.1, 0.15) is 18.5 Å². The molecule has 0 saturated carbocycles. The molecule has 0 radical (unpaired) electrons. The Hall–Kier alpha value is -2.20. The van der Waals surface area contributed by atoms with Crippen LogP contribution in [0, 0.1) is 0 Å². The molecule has 3 rings (SSSR count). The summed E-state index contributed by atoms with van der Waals surface area (Å²) in [5, 5.41) is 10.5. The van der Waals surface area contributed by atoms with Crippen LogP contribution in [0.1, 0.15) is 18.6 Å². The van der Waals surface area contributed by atoms with Gasteiger partial charge in [0.2, 0.25) is 0 Å². The van der Waals surface area contributed by atoms with Crippen molar-refractivity contribution in [2.75, 3.05) is 13.2 Å². The van der Waals surface area contributed by atoms with E-state index in [1.165, 1.54) is 0 Å². The first-order valence-electron chi connectivity index (χ1n) is 7.07. The van der Waals surface area contributed by atoms with Crippen LogP contribution in [-0.4, -0.2) is 24.4 Å². The minimum absolute atomic E-state index is 0.317. The second-order valence-corrected chi connectivity index (χ2v) is 4.86. The highest BCUT2D eigenvalue weighted by Crippen LogP contribution is 2.34. The smallest absolute Gasteiger partial charge is 0.163 e. The van der Waals surface area contributed by atoms with Crippen molar-refractivity contribution in [3.8, 4) is 17.2 Å². The zero-order valence-corrected chi connectivity index (χ0v) is 11.9. The van der Waals surface area contributed by atoms with Gasteiger partial charge in [-0.05, 0) is 36.8 Å². The Bertz CT molecular complexity index is 611. The van der Waals surface area contributed by atoms with Gasteiger partial charge in [-0.1, -0.05) is 24.3 Å². The van der Waals surface area contributed by atoms with E-state index in [0.29, 0.717) is 24.7 Å². The van der Waals surface area contributed by atoms with Gasteiger partial charge in [-0.25, -0.2) is 0 Å². The molecule has 2 atom stereocenters. The van der Waals surface area contributed by atoms with Gasteiger partial charge in [-0.3, -0.25) is 0 Å². The number of hydrogen-bond acceptors (Lipinski definition) is 4. The highest BCUT2D eigenvalue weighted by atomic mass is 16.6. The number of para-hydroxylation sites is 2. The number of benzene rings is 2. The molecule has 4 nitrogen and oxygen atoms in total. The number of fused-ring (bicyclic) bond motifs is 1. The van der Waals surface area contributed by atoms with Crippen molar-refractivity contribution in [2.45, 2.75) is 19.1 Å². The molecule has 110 valence electrons. The van der Waals surface area contributed by atoms with E-state index in [-0.39, 0.29) is 0 Å². The number of aliphatic hydroxyl groups is 1. The lowest BCUT2D eigenvalue weighted by Crippen LogP contribution is -2.34. The SMILES string of the molecule is CCOc1cccc(C(O)C2COc3ccccc3O2)c1. The van der Waals surface area contributed by atoms with Gasteiger partial charge in [0.05, 0.1) is 6.61 Å². The summed E-state index contributed by atoms with van der Waals surface area (Å²) in [5.74, 6) is 2.11. The minimum atomic E-state index is -0.765. The second-order valence-electron chi connectivity index (χ2n) is 4.86. The van der Waals surface area contributed by atoms with Crippen LogP contribution in [0.15, 0.2) is 48.5 Å². The summed E-state index contributed by atoms with van der Waals surface area (Å²) >= 11 is 0. The molecule has 0 saturated heterocycles. The van der Waals surface area contributed by atoms with E-state index in [0.717, 1.165) is 11.3 Å². The molecule has 0 aliphatic carbocycles. The van der Waals surface area contributed by atoms with Crippen LogP contribution in [0.25, 0.3) is 0 Å². The van der Waals surface area contributed by atoms with Crippen molar-refractivity contribution >= 4 is 0 Å². The number of aliphatic hydroxyl groups excluding tert-OH is 1. The lowest BCUT2D eigenvalue weighted by atomic mass is 10.0. The van der Waals surface area contributed by atoms with Gasteiger partial charge in [0.25, 0.3) is 0 Å². The normalized spacial score (nSPS) is 18.1. The largest absolute Gasteiger partial charge is 0.494 e. The molecule has 1 N–H and O–H groups in total. The topological polar surface area (TPSA) is 47.9 Å². The van der Waals surface area contributed by atoms with Crippen LogP contribution in [0.5, 0.6) is 17.2 Å². The second kappa shape index (κ2) is 6.06. The number of hydrogen-bond donors (Lipinski definition) is 1. The first kappa shape index (κ1) is 13.8. The van der Waals surface area contributed by atoms with Crippen molar-refractivity contribution in [1.82, 2.24) is 0 Å². The summed E-state index contributed by atoms with van der Waals surface area (Å²) < 4.78 is 16.9. The summed E-state index contributed by atoms with van der Waals surface area (Å²) in [6.07, 6.45) is -1.20. The molecule has 2 aromatic rings. The zero-order valence-electron chi connectivity index (χ0n) is 11.9. The number of ether oxygens (including phenoxy) is 3. The Morgan fingerprint density at radius 1 is 1.19 bits per heavy atom. The summed E-state index contributed by atoms with van der Waals surface area (Å²) in [6.45, 7) is 2.84. The Balaban J connectivity index is 1.77. The van der Waals surface area contributed by atoms with Crippen molar-refractivity contribution in [1.29, 1.82) is 0 Å². The van der Waals surface area contributed by atoms with Crippen LogP contribution in [-0.2, 0) is 0 Å². The Labute approximate surface area is 123 Å². The van der Waals surface area contributed by atoms with Gasteiger partial charge in [0.15, 0.2) is 17.6 Å². The molecular weight excluding hydrogens is 268 g/mol. The van der Waals surface area contributed by atoms with E-state index in [1.54, 1.807) is 0 Å². The van der Waals surface area contributed by atoms with E-state index in [1.807, 2.05) is 55.5 Å². The molecule has 1 aliphatic heterocycles. The van der Waals surface area contributed by atoms with Gasteiger partial charge in [-0.15, -0.1) is 0 Å². The zero-order chi connectivity index (χ0) is 14.7. The third-order valence-electron chi connectivity index (χ3n) is 3.39. The summed E-state index contributed by atoms with van der Waals surface area (Å²) in [7, 11) is 0. The predicted octanol–water partition coefficient (Wildman–Crippen LogP) is 2.96. The van der Waals surface area contributed by atoms with Crippen LogP contribution >= 0.6 is 0 Å². The third-order valence-corrected chi connectivity index (χ3v) is 3.39. The monoisotopic (exact) mass is 286 g/mol. The first-order valence-corrected chi connectivity index (χ1v) is 7.07. The standard InChI is InChI=1S/C17H18O4/c1-2-19-13-7-5-6-12(10-13)17(18)16-11-20-14-8-3-4-9-15(14)21-16/h3-10,16-18H,2,11H2,1H3. The maximum atomic E-state index is 10.5. The molecular formula is C17H18O4. The van der Waals surface area contributed by atoms with E-state index in [9.17, 15) is 5.11 Å². The Kier molecular flexibility index (Phi) is 3.97. The van der Waals surface area contributed by atoms with Crippen molar-refractivity contribution in [2.24, 2.45) is 0 Å². The van der Waals surface area contributed by atoms with E-state index >= 15 is 0 Å². The fourth-order valence-corrected chi connectivity index (χ4v) is 2.36. The number of rotatable bonds is 4. The van der Waals surface area contributed by atoms with E-state index in [2.05, 4.69) is 0 Å². The van der Waals surface area contributed by atoms with E-state index < -0.39 is 12.2 Å². The lowest BCUT2D eigenvalue weighted by Gasteiger charge is -2.29. The van der Waals surface area contributed by atoms with E-state index in [4.69, 9.17) is 14.2 Å². The van der Waals surface area contributed by atoms with Gasteiger partial charge >= 0.3 is 0 Å². The average Bonchev–Trinajstić information content (AvgIpc) is 2.54. The minimum Gasteiger partial charge on any atom is -0.494 e. The van der Waals surface area contributed by atoms with Gasteiger partial charge in [0, 0.05) is 0 Å². The first-order chi connectivity index (χ1) is 10.3. The molecule has 1 heterocycles. The molecule has 2 unspecified atom stereocenters. The highest BCUT2D eigenvalue weighted by Gasteiger charge is 2.28. The lowest BCUT2D eigenvalue weighted by molar-refractivity contribution is -0.0114. The van der Waals surface area contributed by atoms with Crippen LogP contribution in [0.3, 0.4) is 0 Å². The molecule has 0 spiro atoms. The summed E-state index contributed by atoms with van der Waals surface area (Å²) in [5.41, 5.74) is 0.758. The predicted molar refractivity (Wildman–Crippen MR) is 78.9 cm³/mol.